The van der Waals surface area contributed by atoms with Crippen molar-refractivity contribution in [3.05, 3.63) is 0 Å². The SMILES string of the molecule is CCC(C)(C)NC(C)(CC)CC. The van der Waals surface area contributed by atoms with Gasteiger partial charge >= 0.3 is 0 Å². The molecular formula is C11H25N. The molecule has 0 heterocycles. The van der Waals surface area contributed by atoms with E-state index in [1.165, 1.54) is 19.3 Å². The molecule has 0 unspecified atom stereocenters. The van der Waals surface area contributed by atoms with E-state index in [0.717, 1.165) is 0 Å². The minimum Gasteiger partial charge on any atom is -0.307 e. The summed E-state index contributed by atoms with van der Waals surface area (Å²) < 4.78 is 0. The second-order valence-corrected chi connectivity index (χ2v) is 4.63. The summed E-state index contributed by atoms with van der Waals surface area (Å²) in [7, 11) is 0. The Morgan fingerprint density at radius 1 is 0.833 bits per heavy atom. The Morgan fingerprint density at radius 3 is 1.50 bits per heavy atom. The molecule has 0 bridgehead atoms. The van der Waals surface area contributed by atoms with Crippen molar-refractivity contribution in [3.63, 3.8) is 0 Å². The van der Waals surface area contributed by atoms with E-state index in [-0.39, 0.29) is 5.54 Å². The first-order chi connectivity index (χ1) is 5.39. The highest BCUT2D eigenvalue weighted by molar-refractivity contribution is 4.88. The maximum Gasteiger partial charge on any atom is 0.0153 e. The molecule has 0 saturated heterocycles. The molecule has 0 aromatic carbocycles. The third kappa shape index (κ3) is 3.57. The number of hydrogen-bond donors (Lipinski definition) is 1. The molecule has 74 valence electrons. The molecule has 0 aromatic heterocycles. The lowest BCUT2D eigenvalue weighted by Crippen LogP contribution is -2.52. The van der Waals surface area contributed by atoms with Crippen LogP contribution in [0.3, 0.4) is 0 Å². The Balaban J connectivity index is 4.20. The van der Waals surface area contributed by atoms with Crippen molar-refractivity contribution in [1.29, 1.82) is 0 Å². The maximum absolute atomic E-state index is 3.72. The molecule has 0 fully saturated rings. The second kappa shape index (κ2) is 4.27. The standard InChI is InChI=1S/C11H25N/c1-7-10(4,5)12-11(6,8-2)9-3/h12H,7-9H2,1-6H3. The molecular weight excluding hydrogens is 146 g/mol. The predicted molar refractivity (Wildman–Crippen MR) is 56.5 cm³/mol. The van der Waals surface area contributed by atoms with Crippen molar-refractivity contribution in [2.24, 2.45) is 0 Å². The molecule has 1 N–H and O–H groups in total. The van der Waals surface area contributed by atoms with E-state index in [2.05, 4.69) is 46.9 Å². The summed E-state index contributed by atoms with van der Waals surface area (Å²) in [5.74, 6) is 0. The van der Waals surface area contributed by atoms with Crippen LogP contribution in [0.4, 0.5) is 0 Å². The molecule has 0 aliphatic heterocycles. The minimum absolute atomic E-state index is 0.279. The maximum atomic E-state index is 3.72. The number of rotatable bonds is 5. The first-order valence-electron chi connectivity index (χ1n) is 5.18. The Hall–Kier alpha value is -0.0400. The first kappa shape index (κ1) is 12.0. The normalized spacial score (nSPS) is 13.5. The minimum atomic E-state index is 0.279. The number of hydrogen-bond acceptors (Lipinski definition) is 1. The molecule has 0 atom stereocenters. The van der Waals surface area contributed by atoms with Crippen LogP contribution in [0.15, 0.2) is 0 Å². The molecule has 0 amide bonds. The van der Waals surface area contributed by atoms with Gasteiger partial charge in [0.15, 0.2) is 0 Å². The topological polar surface area (TPSA) is 12.0 Å². The zero-order valence-electron chi connectivity index (χ0n) is 9.62. The lowest BCUT2D eigenvalue weighted by Gasteiger charge is -2.38. The van der Waals surface area contributed by atoms with Gasteiger partial charge in [0.2, 0.25) is 0 Å². The van der Waals surface area contributed by atoms with E-state index in [0.29, 0.717) is 5.54 Å². The summed E-state index contributed by atoms with van der Waals surface area (Å²) in [5, 5.41) is 3.72. The van der Waals surface area contributed by atoms with Gasteiger partial charge in [-0.2, -0.15) is 0 Å². The summed E-state index contributed by atoms with van der Waals surface area (Å²) in [6, 6.07) is 0. The quantitative estimate of drug-likeness (QED) is 0.669. The highest BCUT2D eigenvalue weighted by atomic mass is 15.0. The Kier molecular flexibility index (Phi) is 4.25. The molecule has 0 aromatic rings. The zero-order valence-corrected chi connectivity index (χ0v) is 9.62. The molecule has 0 aliphatic carbocycles. The van der Waals surface area contributed by atoms with Gasteiger partial charge in [-0.3, -0.25) is 0 Å². The van der Waals surface area contributed by atoms with Crippen LogP contribution < -0.4 is 5.32 Å². The van der Waals surface area contributed by atoms with Crippen molar-refractivity contribution < 1.29 is 0 Å². The Labute approximate surface area is 77.9 Å². The van der Waals surface area contributed by atoms with E-state index >= 15 is 0 Å². The lowest BCUT2D eigenvalue weighted by molar-refractivity contribution is 0.228. The van der Waals surface area contributed by atoms with Gasteiger partial charge in [-0.25, -0.2) is 0 Å². The molecule has 1 heteroatoms. The smallest absolute Gasteiger partial charge is 0.0153 e. The van der Waals surface area contributed by atoms with Crippen LogP contribution in [0.25, 0.3) is 0 Å². The van der Waals surface area contributed by atoms with E-state index in [4.69, 9.17) is 0 Å². The van der Waals surface area contributed by atoms with Gasteiger partial charge in [0.1, 0.15) is 0 Å². The van der Waals surface area contributed by atoms with Crippen molar-refractivity contribution >= 4 is 0 Å². The van der Waals surface area contributed by atoms with Gasteiger partial charge < -0.3 is 5.32 Å². The average Bonchev–Trinajstić information content (AvgIpc) is 2.04. The highest BCUT2D eigenvalue weighted by Gasteiger charge is 2.26. The fourth-order valence-corrected chi connectivity index (χ4v) is 1.33. The second-order valence-electron chi connectivity index (χ2n) is 4.63. The highest BCUT2D eigenvalue weighted by Crippen LogP contribution is 2.20. The van der Waals surface area contributed by atoms with Crippen LogP contribution in [-0.4, -0.2) is 11.1 Å². The molecule has 0 saturated carbocycles. The van der Waals surface area contributed by atoms with Crippen molar-refractivity contribution in [3.8, 4) is 0 Å². The molecule has 1 nitrogen and oxygen atoms in total. The van der Waals surface area contributed by atoms with E-state index in [9.17, 15) is 0 Å². The van der Waals surface area contributed by atoms with E-state index < -0.39 is 0 Å². The monoisotopic (exact) mass is 171 g/mol. The third-order valence-corrected chi connectivity index (χ3v) is 3.08. The molecule has 0 radical (unpaired) electrons. The van der Waals surface area contributed by atoms with Gasteiger partial charge in [0.25, 0.3) is 0 Å². The van der Waals surface area contributed by atoms with Crippen molar-refractivity contribution in [2.75, 3.05) is 0 Å². The summed E-state index contributed by atoms with van der Waals surface area (Å²) in [6.07, 6.45) is 3.59. The van der Waals surface area contributed by atoms with Crippen LogP contribution in [0, 0.1) is 0 Å². The largest absolute Gasteiger partial charge is 0.307 e. The molecule has 12 heavy (non-hydrogen) atoms. The summed E-state index contributed by atoms with van der Waals surface area (Å²) >= 11 is 0. The Bertz CT molecular complexity index is 123. The van der Waals surface area contributed by atoms with Crippen LogP contribution in [0.2, 0.25) is 0 Å². The molecule has 0 aliphatic rings. The fraction of sp³-hybridized carbons (Fsp3) is 1.00. The average molecular weight is 171 g/mol. The third-order valence-electron chi connectivity index (χ3n) is 3.08. The van der Waals surface area contributed by atoms with Crippen LogP contribution >= 0.6 is 0 Å². The predicted octanol–water partition coefficient (Wildman–Crippen LogP) is 3.34. The molecule has 0 rings (SSSR count). The number of nitrogens with one attached hydrogen (secondary N) is 1. The summed E-state index contributed by atoms with van der Waals surface area (Å²) in [4.78, 5) is 0. The van der Waals surface area contributed by atoms with E-state index in [1.807, 2.05) is 0 Å². The van der Waals surface area contributed by atoms with Crippen LogP contribution in [-0.2, 0) is 0 Å². The van der Waals surface area contributed by atoms with Crippen LogP contribution in [0.1, 0.15) is 60.8 Å². The van der Waals surface area contributed by atoms with Crippen molar-refractivity contribution in [2.45, 2.75) is 71.9 Å². The Morgan fingerprint density at radius 2 is 1.25 bits per heavy atom. The molecule has 0 spiro atoms. The van der Waals surface area contributed by atoms with Crippen LogP contribution in [0.5, 0.6) is 0 Å². The fourth-order valence-electron chi connectivity index (χ4n) is 1.33. The summed E-state index contributed by atoms with van der Waals surface area (Å²) in [5.41, 5.74) is 0.597. The van der Waals surface area contributed by atoms with Gasteiger partial charge in [0, 0.05) is 11.1 Å². The lowest BCUT2D eigenvalue weighted by atomic mass is 9.90. The van der Waals surface area contributed by atoms with Gasteiger partial charge in [-0.05, 0) is 40.0 Å². The van der Waals surface area contributed by atoms with E-state index in [1.54, 1.807) is 0 Å². The van der Waals surface area contributed by atoms with Crippen molar-refractivity contribution in [1.82, 2.24) is 5.32 Å². The van der Waals surface area contributed by atoms with Gasteiger partial charge in [-0.1, -0.05) is 20.8 Å². The first-order valence-corrected chi connectivity index (χ1v) is 5.18. The zero-order chi connectivity index (χ0) is 9.83. The van der Waals surface area contributed by atoms with Gasteiger partial charge in [0.05, 0.1) is 0 Å². The van der Waals surface area contributed by atoms with Gasteiger partial charge in [-0.15, -0.1) is 0 Å². The summed E-state index contributed by atoms with van der Waals surface area (Å²) in [6.45, 7) is 13.6.